The molecule has 110 valence electrons. The first-order chi connectivity index (χ1) is 9.47. The van der Waals surface area contributed by atoms with E-state index in [9.17, 15) is 14.9 Å². The lowest BCUT2D eigenvalue weighted by molar-refractivity contribution is -0.385. The van der Waals surface area contributed by atoms with Crippen LogP contribution < -0.4 is 20.5 Å². The van der Waals surface area contributed by atoms with Gasteiger partial charge in [0, 0.05) is 24.7 Å². The highest BCUT2D eigenvalue weighted by Crippen LogP contribution is 2.30. The Bertz CT molecular complexity index is 492. The van der Waals surface area contributed by atoms with E-state index in [-0.39, 0.29) is 30.0 Å². The third-order valence-electron chi connectivity index (χ3n) is 2.48. The van der Waals surface area contributed by atoms with E-state index in [1.807, 2.05) is 0 Å². The van der Waals surface area contributed by atoms with Crippen LogP contribution in [0.4, 0.5) is 5.69 Å². The van der Waals surface area contributed by atoms with E-state index in [0.29, 0.717) is 12.3 Å². The van der Waals surface area contributed by atoms with Crippen LogP contribution in [-0.4, -0.2) is 37.1 Å². The van der Waals surface area contributed by atoms with Gasteiger partial charge in [-0.1, -0.05) is 0 Å². The van der Waals surface area contributed by atoms with Crippen molar-refractivity contribution in [1.82, 2.24) is 5.32 Å². The number of rotatable bonds is 7. The standard InChI is InChI=1S/C12H17N3O5/c1-8(6-13)14-12(16)7-20-9-3-4-10(15(17)18)11(5-9)19-2/h3-5,8H,6-7,13H2,1-2H3,(H,14,16)/t8-/m0/s1. The smallest absolute Gasteiger partial charge is 0.311 e. The molecule has 0 saturated heterocycles. The molecule has 0 aliphatic carbocycles. The maximum absolute atomic E-state index is 11.5. The van der Waals surface area contributed by atoms with Gasteiger partial charge in [0.1, 0.15) is 5.75 Å². The zero-order valence-corrected chi connectivity index (χ0v) is 11.3. The Morgan fingerprint density at radius 3 is 2.80 bits per heavy atom. The van der Waals surface area contributed by atoms with E-state index in [4.69, 9.17) is 15.2 Å². The van der Waals surface area contributed by atoms with Gasteiger partial charge in [0.2, 0.25) is 5.75 Å². The van der Waals surface area contributed by atoms with Gasteiger partial charge < -0.3 is 20.5 Å². The Kier molecular flexibility index (Phi) is 5.73. The molecule has 1 aromatic carbocycles. The SMILES string of the molecule is COc1cc(OCC(=O)N[C@@H](C)CN)ccc1[N+](=O)[O-]. The molecular weight excluding hydrogens is 266 g/mol. The number of methoxy groups -OCH3 is 1. The molecule has 0 aromatic heterocycles. The zero-order valence-electron chi connectivity index (χ0n) is 11.3. The molecule has 3 N–H and O–H groups in total. The summed E-state index contributed by atoms with van der Waals surface area (Å²) in [6, 6.07) is 3.88. The molecule has 0 saturated carbocycles. The molecule has 0 radical (unpaired) electrons. The molecule has 1 aromatic rings. The molecule has 1 rings (SSSR count). The summed E-state index contributed by atoms with van der Waals surface area (Å²) >= 11 is 0. The third-order valence-corrected chi connectivity index (χ3v) is 2.48. The van der Waals surface area contributed by atoms with Gasteiger partial charge in [-0.2, -0.15) is 0 Å². The van der Waals surface area contributed by atoms with Crippen LogP contribution in [0.15, 0.2) is 18.2 Å². The van der Waals surface area contributed by atoms with Gasteiger partial charge in [0.15, 0.2) is 6.61 Å². The van der Waals surface area contributed by atoms with Crippen molar-refractivity contribution in [2.75, 3.05) is 20.3 Å². The van der Waals surface area contributed by atoms with Crippen LogP contribution in [0, 0.1) is 10.1 Å². The van der Waals surface area contributed by atoms with Crippen molar-refractivity contribution in [2.45, 2.75) is 13.0 Å². The van der Waals surface area contributed by atoms with Crippen LogP contribution in [0.3, 0.4) is 0 Å². The summed E-state index contributed by atoms with van der Waals surface area (Å²) in [7, 11) is 1.32. The minimum atomic E-state index is -0.557. The Balaban J connectivity index is 2.65. The Labute approximate surface area is 116 Å². The normalized spacial score (nSPS) is 11.6. The minimum Gasteiger partial charge on any atom is -0.490 e. The van der Waals surface area contributed by atoms with Crippen LogP contribution in [-0.2, 0) is 4.79 Å². The number of hydrogen-bond donors (Lipinski definition) is 2. The fourth-order valence-electron chi connectivity index (χ4n) is 1.42. The van der Waals surface area contributed by atoms with E-state index in [0.717, 1.165) is 0 Å². The summed E-state index contributed by atoms with van der Waals surface area (Å²) in [6.07, 6.45) is 0. The van der Waals surface area contributed by atoms with Crippen molar-refractivity contribution < 1.29 is 19.2 Å². The van der Waals surface area contributed by atoms with Gasteiger partial charge in [-0.15, -0.1) is 0 Å². The molecule has 0 aliphatic rings. The second kappa shape index (κ2) is 7.29. The number of hydrogen-bond acceptors (Lipinski definition) is 6. The van der Waals surface area contributed by atoms with E-state index in [1.54, 1.807) is 6.92 Å². The number of nitro groups is 1. The molecule has 8 nitrogen and oxygen atoms in total. The van der Waals surface area contributed by atoms with Crippen molar-refractivity contribution in [3.8, 4) is 11.5 Å². The molecule has 8 heteroatoms. The number of carbonyl (C=O) groups is 1. The number of carbonyl (C=O) groups excluding carboxylic acids is 1. The summed E-state index contributed by atoms with van der Waals surface area (Å²) in [5.74, 6) is 0.0616. The van der Waals surface area contributed by atoms with Crippen LogP contribution >= 0.6 is 0 Å². The molecule has 0 heterocycles. The van der Waals surface area contributed by atoms with Gasteiger partial charge >= 0.3 is 5.69 Å². The van der Waals surface area contributed by atoms with Crippen molar-refractivity contribution >= 4 is 11.6 Å². The van der Waals surface area contributed by atoms with E-state index in [2.05, 4.69) is 5.32 Å². The monoisotopic (exact) mass is 283 g/mol. The summed E-state index contributed by atoms with van der Waals surface area (Å²) in [5.41, 5.74) is 5.21. The average molecular weight is 283 g/mol. The first-order valence-corrected chi connectivity index (χ1v) is 5.92. The quantitative estimate of drug-likeness (QED) is 0.554. The molecule has 20 heavy (non-hydrogen) atoms. The third kappa shape index (κ3) is 4.39. The van der Waals surface area contributed by atoms with Crippen LogP contribution in [0.5, 0.6) is 11.5 Å². The van der Waals surface area contributed by atoms with Gasteiger partial charge in [-0.25, -0.2) is 0 Å². The average Bonchev–Trinajstić information content (AvgIpc) is 2.44. The fraction of sp³-hybridized carbons (Fsp3) is 0.417. The molecule has 1 amide bonds. The zero-order chi connectivity index (χ0) is 15.1. The number of nitrogens with zero attached hydrogens (tertiary/aromatic N) is 1. The van der Waals surface area contributed by atoms with Gasteiger partial charge in [0.05, 0.1) is 12.0 Å². The van der Waals surface area contributed by atoms with Crippen LogP contribution in [0.1, 0.15) is 6.92 Å². The number of ether oxygens (including phenoxy) is 2. The molecule has 0 unspecified atom stereocenters. The second-order valence-corrected chi connectivity index (χ2v) is 4.08. The molecule has 0 fully saturated rings. The summed E-state index contributed by atoms with van der Waals surface area (Å²) in [4.78, 5) is 21.6. The number of benzene rings is 1. The highest BCUT2D eigenvalue weighted by Gasteiger charge is 2.15. The minimum absolute atomic E-state index is 0.0724. The van der Waals surface area contributed by atoms with Crippen LogP contribution in [0.25, 0.3) is 0 Å². The first kappa shape index (κ1) is 15.7. The largest absolute Gasteiger partial charge is 0.490 e. The van der Waals surface area contributed by atoms with Gasteiger partial charge in [0.25, 0.3) is 5.91 Å². The maximum atomic E-state index is 11.5. The predicted octanol–water partition coefficient (Wildman–Crippen LogP) is 0.446. The Hall–Kier alpha value is -2.35. The Morgan fingerprint density at radius 2 is 2.25 bits per heavy atom. The van der Waals surface area contributed by atoms with Gasteiger partial charge in [-0.05, 0) is 13.0 Å². The highest BCUT2D eigenvalue weighted by molar-refractivity contribution is 5.77. The first-order valence-electron chi connectivity index (χ1n) is 5.92. The fourth-order valence-corrected chi connectivity index (χ4v) is 1.42. The van der Waals surface area contributed by atoms with E-state index < -0.39 is 4.92 Å². The van der Waals surface area contributed by atoms with Crippen LogP contribution in [0.2, 0.25) is 0 Å². The maximum Gasteiger partial charge on any atom is 0.311 e. The molecule has 0 bridgehead atoms. The lowest BCUT2D eigenvalue weighted by atomic mass is 10.3. The lowest BCUT2D eigenvalue weighted by Gasteiger charge is -2.12. The van der Waals surface area contributed by atoms with E-state index in [1.165, 1.54) is 25.3 Å². The molecule has 0 aliphatic heterocycles. The highest BCUT2D eigenvalue weighted by atomic mass is 16.6. The summed E-state index contributed by atoms with van der Waals surface area (Å²) in [5, 5.41) is 13.4. The molecular formula is C12H17N3O5. The Morgan fingerprint density at radius 1 is 1.55 bits per heavy atom. The van der Waals surface area contributed by atoms with Crippen molar-refractivity contribution in [3.63, 3.8) is 0 Å². The van der Waals surface area contributed by atoms with Crippen molar-refractivity contribution in [1.29, 1.82) is 0 Å². The second-order valence-electron chi connectivity index (χ2n) is 4.08. The molecule has 0 spiro atoms. The lowest BCUT2D eigenvalue weighted by Crippen LogP contribution is -2.40. The van der Waals surface area contributed by atoms with Gasteiger partial charge in [-0.3, -0.25) is 14.9 Å². The van der Waals surface area contributed by atoms with E-state index >= 15 is 0 Å². The topological polar surface area (TPSA) is 117 Å². The molecule has 1 atom stereocenters. The number of nitrogens with one attached hydrogen (secondary N) is 1. The number of nitrogens with two attached hydrogens (primary N) is 1. The van der Waals surface area contributed by atoms with Crippen molar-refractivity contribution in [2.24, 2.45) is 5.73 Å². The van der Waals surface area contributed by atoms with Crippen molar-refractivity contribution in [3.05, 3.63) is 28.3 Å². The summed E-state index contributed by atoms with van der Waals surface area (Å²) < 4.78 is 10.1. The summed E-state index contributed by atoms with van der Waals surface area (Å²) in [6.45, 7) is 1.90. The number of amides is 1. The predicted molar refractivity (Wildman–Crippen MR) is 71.8 cm³/mol. The number of nitro benzene ring substituents is 1.